The van der Waals surface area contributed by atoms with E-state index in [9.17, 15) is 4.79 Å². The molecule has 2 rings (SSSR count). The largest absolute Gasteiger partial charge is 0.385 e. The van der Waals surface area contributed by atoms with Crippen LogP contribution < -0.4 is 10.6 Å². The van der Waals surface area contributed by atoms with Crippen LogP contribution in [0, 0.1) is 5.41 Å². The molecule has 0 aromatic heterocycles. The van der Waals surface area contributed by atoms with Crippen molar-refractivity contribution in [3.05, 3.63) is 29.8 Å². The fraction of sp³-hybridized carbons (Fsp3) is 0.562. The molecular formula is C16H24N2O2. The third kappa shape index (κ3) is 4.62. The van der Waals surface area contributed by atoms with Crippen LogP contribution in [0.5, 0.6) is 0 Å². The van der Waals surface area contributed by atoms with Crippen LogP contribution in [0.4, 0.5) is 5.69 Å². The molecule has 1 saturated carbocycles. The first-order chi connectivity index (χ1) is 9.63. The number of anilines is 1. The predicted molar refractivity (Wildman–Crippen MR) is 80.6 cm³/mol. The Balaban J connectivity index is 1.73. The summed E-state index contributed by atoms with van der Waals surface area (Å²) in [5.74, 6) is -0.0373. The van der Waals surface area contributed by atoms with Crippen LogP contribution in [-0.2, 0) is 16.1 Å². The van der Waals surface area contributed by atoms with Gasteiger partial charge >= 0.3 is 0 Å². The SMILES string of the molecule is COCCC1(CNCc2ccc(NC(C)=O)cc2)CC1. The van der Waals surface area contributed by atoms with Crippen molar-refractivity contribution in [2.24, 2.45) is 5.41 Å². The molecule has 1 aromatic carbocycles. The van der Waals surface area contributed by atoms with Crippen LogP contribution in [0.15, 0.2) is 24.3 Å². The Hall–Kier alpha value is -1.39. The summed E-state index contributed by atoms with van der Waals surface area (Å²) >= 11 is 0. The monoisotopic (exact) mass is 276 g/mol. The molecule has 0 radical (unpaired) electrons. The van der Waals surface area contributed by atoms with E-state index >= 15 is 0 Å². The molecule has 1 fully saturated rings. The summed E-state index contributed by atoms with van der Waals surface area (Å²) in [6, 6.07) is 7.98. The van der Waals surface area contributed by atoms with E-state index in [1.807, 2.05) is 24.3 Å². The molecule has 0 spiro atoms. The summed E-state index contributed by atoms with van der Waals surface area (Å²) in [6.45, 7) is 4.30. The normalized spacial score (nSPS) is 15.9. The Kier molecular flexibility index (Phi) is 5.15. The van der Waals surface area contributed by atoms with Gasteiger partial charge in [-0.15, -0.1) is 0 Å². The number of ether oxygens (including phenoxy) is 1. The molecule has 110 valence electrons. The van der Waals surface area contributed by atoms with Crippen molar-refractivity contribution in [2.45, 2.75) is 32.7 Å². The van der Waals surface area contributed by atoms with Crippen LogP contribution in [0.3, 0.4) is 0 Å². The van der Waals surface area contributed by atoms with E-state index in [0.717, 1.165) is 31.8 Å². The van der Waals surface area contributed by atoms with Gasteiger partial charge in [0.1, 0.15) is 0 Å². The summed E-state index contributed by atoms with van der Waals surface area (Å²) in [7, 11) is 1.76. The number of benzene rings is 1. The molecule has 2 N–H and O–H groups in total. The molecule has 1 aromatic rings. The molecular weight excluding hydrogens is 252 g/mol. The predicted octanol–water partition coefficient (Wildman–Crippen LogP) is 2.55. The number of carbonyl (C=O) groups is 1. The first-order valence-electron chi connectivity index (χ1n) is 7.20. The lowest BCUT2D eigenvalue weighted by Gasteiger charge is -2.15. The Morgan fingerprint density at radius 3 is 2.55 bits per heavy atom. The zero-order valence-corrected chi connectivity index (χ0v) is 12.4. The first kappa shape index (κ1) is 15.0. The van der Waals surface area contributed by atoms with E-state index < -0.39 is 0 Å². The zero-order valence-electron chi connectivity index (χ0n) is 12.4. The highest BCUT2D eigenvalue weighted by Crippen LogP contribution is 2.48. The molecule has 20 heavy (non-hydrogen) atoms. The maximum atomic E-state index is 10.9. The van der Waals surface area contributed by atoms with Gasteiger partial charge in [0.25, 0.3) is 0 Å². The molecule has 1 amide bonds. The summed E-state index contributed by atoms with van der Waals surface area (Å²) in [6.07, 6.45) is 3.77. The van der Waals surface area contributed by atoms with Crippen molar-refractivity contribution in [2.75, 3.05) is 25.6 Å². The molecule has 0 aliphatic heterocycles. The lowest BCUT2D eigenvalue weighted by molar-refractivity contribution is -0.114. The fourth-order valence-corrected chi connectivity index (χ4v) is 2.39. The Labute approximate surface area is 120 Å². The highest BCUT2D eigenvalue weighted by molar-refractivity contribution is 5.88. The van der Waals surface area contributed by atoms with Crippen molar-refractivity contribution in [1.82, 2.24) is 5.32 Å². The Bertz CT molecular complexity index is 438. The molecule has 0 heterocycles. The molecule has 0 atom stereocenters. The van der Waals surface area contributed by atoms with Gasteiger partial charge in [0.15, 0.2) is 0 Å². The van der Waals surface area contributed by atoms with E-state index in [1.165, 1.54) is 25.3 Å². The van der Waals surface area contributed by atoms with Gasteiger partial charge in [0.2, 0.25) is 5.91 Å². The molecule has 1 aliphatic rings. The fourth-order valence-electron chi connectivity index (χ4n) is 2.39. The third-order valence-electron chi connectivity index (χ3n) is 3.90. The van der Waals surface area contributed by atoms with Crippen molar-refractivity contribution in [3.8, 4) is 0 Å². The number of nitrogens with one attached hydrogen (secondary N) is 2. The van der Waals surface area contributed by atoms with Gasteiger partial charge in [-0.05, 0) is 42.4 Å². The average Bonchev–Trinajstić information content (AvgIpc) is 3.18. The van der Waals surface area contributed by atoms with Crippen molar-refractivity contribution in [3.63, 3.8) is 0 Å². The lowest BCUT2D eigenvalue weighted by atomic mass is 10.0. The van der Waals surface area contributed by atoms with Crippen molar-refractivity contribution >= 4 is 11.6 Å². The summed E-state index contributed by atoms with van der Waals surface area (Å²) in [5.41, 5.74) is 2.56. The lowest BCUT2D eigenvalue weighted by Crippen LogP contribution is -2.24. The second-order valence-corrected chi connectivity index (χ2v) is 5.72. The Morgan fingerprint density at radius 2 is 2.00 bits per heavy atom. The number of rotatable bonds is 8. The van der Waals surface area contributed by atoms with Gasteiger partial charge < -0.3 is 15.4 Å². The Morgan fingerprint density at radius 1 is 1.30 bits per heavy atom. The minimum Gasteiger partial charge on any atom is -0.385 e. The van der Waals surface area contributed by atoms with Crippen molar-refractivity contribution < 1.29 is 9.53 Å². The second kappa shape index (κ2) is 6.86. The van der Waals surface area contributed by atoms with Gasteiger partial charge in [-0.25, -0.2) is 0 Å². The molecule has 0 saturated heterocycles. The number of hydrogen-bond acceptors (Lipinski definition) is 3. The van der Waals surface area contributed by atoms with Crippen LogP contribution in [0.2, 0.25) is 0 Å². The highest BCUT2D eigenvalue weighted by atomic mass is 16.5. The summed E-state index contributed by atoms with van der Waals surface area (Å²) < 4.78 is 5.16. The topological polar surface area (TPSA) is 50.4 Å². The van der Waals surface area contributed by atoms with Crippen LogP contribution in [-0.4, -0.2) is 26.2 Å². The van der Waals surface area contributed by atoms with E-state index in [-0.39, 0.29) is 5.91 Å². The first-order valence-corrected chi connectivity index (χ1v) is 7.20. The quantitative estimate of drug-likeness (QED) is 0.767. The van der Waals surface area contributed by atoms with Crippen molar-refractivity contribution in [1.29, 1.82) is 0 Å². The van der Waals surface area contributed by atoms with Crippen LogP contribution in [0.1, 0.15) is 31.7 Å². The van der Waals surface area contributed by atoms with Gasteiger partial charge in [-0.1, -0.05) is 12.1 Å². The molecule has 0 bridgehead atoms. The van der Waals surface area contributed by atoms with E-state index in [4.69, 9.17) is 4.74 Å². The molecule has 4 heteroatoms. The average molecular weight is 276 g/mol. The molecule has 0 unspecified atom stereocenters. The van der Waals surface area contributed by atoms with E-state index in [0.29, 0.717) is 5.41 Å². The smallest absolute Gasteiger partial charge is 0.221 e. The molecule has 4 nitrogen and oxygen atoms in total. The number of carbonyl (C=O) groups excluding carboxylic acids is 1. The number of methoxy groups -OCH3 is 1. The maximum Gasteiger partial charge on any atom is 0.221 e. The molecule has 1 aliphatic carbocycles. The van der Waals surface area contributed by atoms with Gasteiger partial charge in [-0.3, -0.25) is 4.79 Å². The standard InChI is InChI=1S/C16H24N2O2/c1-13(19)18-15-5-3-14(4-6-15)11-17-12-16(7-8-16)9-10-20-2/h3-6,17H,7-12H2,1-2H3,(H,18,19). The van der Waals surface area contributed by atoms with Crippen LogP contribution in [0.25, 0.3) is 0 Å². The van der Waals surface area contributed by atoms with E-state index in [2.05, 4.69) is 10.6 Å². The van der Waals surface area contributed by atoms with Crippen LogP contribution >= 0.6 is 0 Å². The number of hydrogen-bond donors (Lipinski definition) is 2. The highest BCUT2D eigenvalue weighted by Gasteiger charge is 2.41. The number of amides is 1. The van der Waals surface area contributed by atoms with Gasteiger partial charge in [0, 0.05) is 39.4 Å². The van der Waals surface area contributed by atoms with E-state index in [1.54, 1.807) is 7.11 Å². The van der Waals surface area contributed by atoms with Gasteiger partial charge in [0.05, 0.1) is 0 Å². The minimum absolute atomic E-state index is 0.0373. The summed E-state index contributed by atoms with van der Waals surface area (Å²) in [4.78, 5) is 10.9. The third-order valence-corrected chi connectivity index (χ3v) is 3.90. The minimum atomic E-state index is -0.0373. The van der Waals surface area contributed by atoms with Gasteiger partial charge in [-0.2, -0.15) is 0 Å². The summed E-state index contributed by atoms with van der Waals surface area (Å²) in [5, 5.41) is 6.30. The maximum absolute atomic E-state index is 10.9. The zero-order chi connectivity index (χ0) is 14.4. The second-order valence-electron chi connectivity index (χ2n) is 5.72.